The Kier molecular flexibility index (Phi) is 13.4. The van der Waals surface area contributed by atoms with Crippen molar-refractivity contribution >= 4 is 0 Å². The first-order valence-corrected chi connectivity index (χ1v) is 16.8. The van der Waals surface area contributed by atoms with E-state index in [0.717, 1.165) is 35.5 Å². The summed E-state index contributed by atoms with van der Waals surface area (Å²) in [6.45, 7) is 20.5. The molecule has 0 aromatic carbocycles. The smallest absolute Gasteiger partial charge is 0.00851 e. The maximum atomic E-state index is 2.77. The fourth-order valence-corrected chi connectivity index (χ4v) is 9.33. The quantitative estimate of drug-likeness (QED) is 0.277. The molecule has 0 saturated heterocycles. The van der Waals surface area contributed by atoms with E-state index in [0.29, 0.717) is 10.8 Å². The molecule has 4 rings (SSSR count). The Hall–Kier alpha value is -0.520. The molecule has 4 aliphatic carbocycles. The molecule has 0 amide bonds. The predicted molar refractivity (Wildman–Crippen MR) is 163 cm³/mol. The highest BCUT2D eigenvalue weighted by Gasteiger charge is 2.58. The van der Waals surface area contributed by atoms with Crippen molar-refractivity contribution in [2.45, 2.75) is 159 Å². The van der Waals surface area contributed by atoms with Gasteiger partial charge in [0, 0.05) is 0 Å². The number of fused-ring (bicyclic) bond motifs is 5. The van der Waals surface area contributed by atoms with Gasteiger partial charge in [-0.25, -0.2) is 0 Å². The molecule has 36 heavy (non-hydrogen) atoms. The van der Waals surface area contributed by atoms with Crippen molar-refractivity contribution in [2.75, 3.05) is 0 Å². The molecule has 7 atom stereocenters. The van der Waals surface area contributed by atoms with Crippen LogP contribution in [-0.4, -0.2) is 0 Å². The molecule has 3 fully saturated rings. The molecule has 0 heterocycles. The van der Waals surface area contributed by atoms with E-state index in [4.69, 9.17) is 0 Å². The van der Waals surface area contributed by atoms with E-state index < -0.39 is 0 Å². The van der Waals surface area contributed by atoms with Crippen molar-refractivity contribution in [3.8, 4) is 0 Å². The number of rotatable bonds is 9. The van der Waals surface area contributed by atoms with Gasteiger partial charge in [-0.3, -0.25) is 0 Å². The van der Waals surface area contributed by atoms with Gasteiger partial charge in [0.25, 0.3) is 0 Å². The van der Waals surface area contributed by atoms with E-state index in [1.165, 1.54) is 96.3 Å². The minimum Gasteiger partial charge on any atom is -0.0883 e. The van der Waals surface area contributed by atoms with Gasteiger partial charge in [0.1, 0.15) is 0 Å². The molecule has 0 bridgehead atoms. The van der Waals surface area contributed by atoms with Gasteiger partial charge in [0.05, 0.1) is 0 Å². The first-order chi connectivity index (χ1) is 17.5. The van der Waals surface area contributed by atoms with Crippen molar-refractivity contribution in [3.63, 3.8) is 0 Å². The van der Waals surface area contributed by atoms with Crippen LogP contribution in [-0.2, 0) is 0 Å². The molecule has 0 spiro atoms. The average molecular weight is 499 g/mol. The summed E-state index contributed by atoms with van der Waals surface area (Å²) in [6, 6.07) is 0. The van der Waals surface area contributed by atoms with Gasteiger partial charge < -0.3 is 0 Å². The lowest BCUT2D eigenvalue weighted by atomic mass is 9.47. The summed E-state index contributed by atoms with van der Waals surface area (Å²) in [5.74, 6) is 5.79. The van der Waals surface area contributed by atoms with Gasteiger partial charge in [-0.15, -0.1) is 0 Å². The van der Waals surface area contributed by atoms with Crippen LogP contribution >= 0.6 is 0 Å². The van der Waals surface area contributed by atoms with Crippen LogP contribution < -0.4 is 0 Å². The molecule has 0 aromatic heterocycles. The van der Waals surface area contributed by atoms with Gasteiger partial charge >= 0.3 is 0 Å². The zero-order valence-corrected chi connectivity index (χ0v) is 26.3. The lowest BCUT2D eigenvalue weighted by Crippen LogP contribution is -2.50. The van der Waals surface area contributed by atoms with Crippen LogP contribution in [0.25, 0.3) is 0 Å². The molecule has 0 radical (unpaired) electrons. The van der Waals surface area contributed by atoms with Gasteiger partial charge in [0.15, 0.2) is 0 Å². The zero-order chi connectivity index (χ0) is 26.8. The fourth-order valence-electron chi connectivity index (χ4n) is 9.33. The molecule has 0 aromatic rings. The fraction of sp³-hybridized carbons (Fsp3) is 0.889. The van der Waals surface area contributed by atoms with Crippen molar-refractivity contribution in [2.24, 2.45) is 46.3 Å². The summed E-state index contributed by atoms with van der Waals surface area (Å²) in [4.78, 5) is 0. The molecule has 0 heteroatoms. The van der Waals surface area contributed by atoms with Gasteiger partial charge in [-0.2, -0.15) is 0 Å². The van der Waals surface area contributed by atoms with Crippen LogP contribution in [0.1, 0.15) is 159 Å². The Balaban J connectivity index is 0.00000109. The average Bonchev–Trinajstić information content (AvgIpc) is 3.25. The second-order valence-corrected chi connectivity index (χ2v) is 13.0. The van der Waals surface area contributed by atoms with Crippen LogP contribution in [0.2, 0.25) is 0 Å². The van der Waals surface area contributed by atoms with E-state index >= 15 is 0 Å². The monoisotopic (exact) mass is 499 g/mol. The standard InChI is InChI=1S/C32H54.2C2H6/c1-6-11-25(12-7-2)13-9-10-14-26-16-18-29-28-17-15-27-23-24(8-3)19-21-32(27,5)30(28)20-22-31(26,29)4;2*1-2/h9-10,15,24-26,28-30H,6-8,11-14,16-23H2,1-5H3;2*1-2H3/b10-9+;;. The van der Waals surface area contributed by atoms with Crippen LogP contribution in [0.4, 0.5) is 0 Å². The molecule has 0 nitrogen and oxygen atoms in total. The highest BCUT2D eigenvalue weighted by atomic mass is 14.6. The lowest BCUT2D eigenvalue weighted by Gasteiger charge is -2.58. The van der Waals surface area contributed by atoms with Gasteiger partial charge in [-0.05, 0) is 111 Å². The molecule has 0 aliphatic heterocycles. The molecular weight excluding hydrogens is 432 g/mol. The van der Waals surface area contributed by atoms with Crippen molar-refractivity contribution in [1.29, 1.82) is 0 Å². The lowest BCUT2D eigenvalue weighted by molar-refractivity contribution is -0.0438. The Labute approximate surface area is 228 Å². The second-order valence-electron chi connectivity index (χ2n) is 13.0. The first kappa shape index (κ1) is 31.7. The Morgan fingerprint density at radius 1 is 0.861 bits per heavy atom. The summed E-state index contributed by atoms with van der Waals surface area (Å²) < 4.78 is 0. The highest BCUT2D eigenvalue weighted by molar-refractivity contribution is 5.25. The molecular formula is C36H66. The molecule has 0 N–H and O–H groups in total. The summed E-state index contributed by atoms with van der Waals surface area (Å²) in [5, 5.41) is 0. The maximum Gasteiger partial charge on any atom is -0.00851 e. The summed E-state index contributed by atoms with van der Waals surface area (Å²) in [5.41, 5.74) is 3.04. The summed E-state index contributed by atoms with van der Waals surface area (Å²) in [6.07, 6.45) is 29.3. The third-order valence-corrected chi connectivity index (χ3v) is 11.4. The highest BCUT2D eigenvalue weighted by Crippen LogP contribution is 2.67. The van der Waals surface area contributed by atoms with E-state index in [9.17, 15) is 0 Å². The topological polar surface area (TPSA) is 0 Å². The Bertz CT molecular complexity index is 664. The van der Waals surface area contributed by atoms with Crippen molar-refractivity contribution < 1.29 is 0 Å². The van der Waals surface area contributed by atoms with Gasteiger partial charge in [0.2, 0.25) is 0 Å². The molecule has 210 valence electrons. The van der Waals surface area contributed by atoms with E-state index in [1.54, 1.807) is 0 Å². The SMILES string of the molecule is CC.CC.CCCC(C/C=C/CC1CCC2C3CC=C4CC(CC)CCC4(C)C3CCC12C)CCC. The Morgan fingerprint density at radius 2 is 1.56 bits per heavy atom. The minimum atomic E-state index is 0.543. The maximum absolute atomic E-state index is 2.77. The van der Waals surface area contributed by atoms with Crippen LogP contribution in [0.15, 0.2) is 23.8 Å². The third kappa shape index (κ3) is 6.72. The number of hydrogen-bond acceptors (Lipinski definition) is 0. The Morgan fingerprint density at radius 3 is 2.19 bits per heavy atom. The summed E-state index contributed by atoms with van der Waals surface area (Å²) >= 11 is 0. The minimum absolute atomic E-state index is 0.543. The first-order valence-electron chi connectivity index (χ1n) is 16.8. The van der Waals surface area contributed by atoms with Crippen molar-refractivity contribution in [3.05, 3.63) is 23.8 Å². The molecule has 4 aliphatic rings. The molecule has 7 unspecified atom stereocenters. The van der Waals surface area contributed by atoms with Crippen LogP contribution in [0.3, 0.4) is 0 Å². The largest absolute Gasteiger partial charge is 0.0883 e. The van der Waals surface area contributed by atoms with E-state index in [1.807, 2.05) is 33.3 Å². The van der Waals surface area contributed by atoms with E-state index in [-0.39, 0.29) is 0 Å². The van der Waals surface area contributed by atoms with Gasteiger partial charge in [-0.1, -0.05) is 118 Å². The zero-order valence-electron chi connectivity index (χ0n) is 26.3. The second kappa shape index (κ2) is 15.2. The summed E-state index contributed by atoms with van der Waals surface area (Å²) in [7, 11) is 0. The van der Waals surface area contributed by atoms with Crippen LogP contribution in [0.5, 0.6) is 0 Å². The third-order valence-electron chi connectivity index (χ3n) is 11.4. The number of hydrogen-bond donors (Lipinski definition) is 0. The molecule has 3 saturated carbocycles. The van der Waals surface area contributed by atoms with E-state index in [2.05, 4.69) is 52.8 Å². The number of allylic oxidation sites excluding steroid dienone is 4. The van der Waals surface area contributed by atoms with Crippen LogP contribution in [0, 0.1) is 46.3 Å². The predicted octanol–water partition coefficient (Wildman–Crippen LogP) is 12.2. The van der Waals surface area contributed by atoms with Crippen molar-refractivity contribution in [1.82, 2.24) is 0 Å². The normalized spacial score (nSPS) is 37.2.